The highest BCUT2D eigenvalue weighted by molar-refractivity contribution is 5.93. The highest BCUT2D eigenvalue weighted by atomic mass is 16.5. The third kappa shape index (κ3) is 4.48. The van der Waals surface area contributed by atoms with Crippen LogP contribution in [-0.4, -0.2) is 57.3 Å². The van der Waals surface area contributed by atoms with Crippen molar-refractivity contribution in [3.05, 3.63) is 54.4 Å². The number of hydrogen-bond donors (Lipinski definition) is 1. The lowest BCUT2D eigenvalue weighted by Gasteiger charge is -2.37. The number of para-hydroxylation sites is 1. The molecule has 1 aliphatic heterocycles. The number of methoxy groups -OCH3 is 1. The summed E-state index contributed by atoms with van der Waals surface area (Å²) in [6.45, 7) is 4.74. The molecule has 1 saturated heterocycles. The quantitative estimate of drug-likeness (QED) is 0.813. The number of nitrogens with zero attached hydrogens (tertiary/aromatic N) is 3. The zero-order chi connectivity index (χ0) is 17.5. The van der Waals surface area contributed by atoms with Crippen LogP contribution < -0.4 is 15.1 Å². The highest BCUT2D eigenvalue weighted by Crippen LogP contribution is 2.20. The predicted molar refractivity (Wildman–Crippen MR) is 99.3 cm³/mol. The molecule has 3 rings (SSSR count). The minimum absolute atomic E-state index is 0.165. The van der Waals surface area contributed by atoms with Gasteiger partial charge < -0.3 is 19.9 Å². The van der Waals surface area contributed by atoms with E-state index in [0.29, 0.717) is 18.8 Å². The molecule has 2 aromatic rings. The number of hydrogen-bond acceptors (Lipinski definition) is 5. The maximum Gasteiger partial charge on any atom is 0.270 e. The van der Waals surface area contributed by atoms with Crippen LogP contribution in [0.1, 0.15) is 10.5 Å². The zero-order valence-electron chi connectivity index (χ0n) is 14.5. The van der Waals surface area contributed by atoms with Crippen LogP contribution in [0.4, 0.5) is 11.4 Å². The Bertz CT molecular complexity index is 685. The van der Waals surface area contributed by atoms with Crippen LogP contribution in [0.5, 0.6) is 0 Å². The predicted octanol–water partition coefficient (Wildman–Crippen LogP) is 1.78. The van der Waals surface area contributed by atoms with Gasteiger partial charge in [0, 0.05) is 57.4 Å². The summed E-state index contributed by atoms with van der Waals surface area (Å²) in [4.78, 5) is 21.0. The highest BCUT2D eigenvalue weighted by Gasteiger charge is 2.18. The maximum absolute atomic E-state index is 12.1. The topological polar surface area (TPSA) is 57.7 Å². The van der Waals surface area contributed by atoms with E-state index in [0.717, 1.165) is 31.9 Å². The number of pyridine rings is 1. The Morgan fingerprint density at radius 2 is 1.76 bits per heavy atom. The van der Waals surface area contributed by atoms with Crippen LogP contribution in [0.3, 0.4) is 0 Å². The Labute approximate surface area is 148 Å². The van der Waals surface area contributed by atoms with Gasteiger partial charge in [-0.05, 0) is 24.3 Å². The van der Waals surface area contributed by atoms with Gasteiger partial charge in [-0.3, -0.25) is 9.78 Å². The molecule has 0 radical (unpaired) electrons. The number of carbonyl (C=O) groups is 1. The minimum Gasteiger partial charge on any atom is -0.383 e. The second-order valence-electron chi connectivity index (χ2n) is 5.96. The van der Waals surface area contributed by atoms with Gasteiger partial charge in [-0.2, -0.15) is 0 Å². The number of amides is 1. The van der Waals surface area contributed by atoms with Crippen LogP contribution in [0.2, 0.25) is 0 Å². The monoisotopic (exact) mass is 340 g/mol. The smallest absolute Gasteiger partial charge is 0.270 e. The van der Waals surface area contributed by atoms with Gasteiger partial charge in [-0.1, -0.05) is 18.2 Å². The van der Waals surface area contributed by atoms with E-state index < -0.39 is 0 Å². The largest absolute Gasteiger partial charge is 0.383 e. The summed E-state index contributed by atoms with van der Waals surface area (Å²) in [5, 5.41) is 2.81. The third-order valence-electron chi connectivity index (χ3n) is 4.33. The number of piperazine rings is 1. The summed E-state index contributed by atoms with van der Waals surface area (Å²) in [5.41, 5.74) is 2.74. The Morgan fingerprint density at radius 3 is 2.44 bits per heavy atom. The van der Waals surface area contributed by atoms with Gasteiger partial charge in [-0.25, -0.2) is 0 Å². The molecule has 1 amide bonds. The molecular formula is C19H24N4O2. The number of rotatable bonds is 6. The Balaban J connectivity index is 1.60. The van der Waals surface area contributed by atoms with Crippen LogP contribution in [0.15, 0.2) is 48.7 Å². The molecule has 25 heavy (non-hydrogen) atoms. The molecule has 0 bridgehead atoms. The van der Waals surface area contributed by atoms with Crippen molar-refractivity contribution in [2.75, 3.05) is 56.2 Å². The fourth-order valence-corrected chi connectivity index (χ4v) is 2.96. The summed E-state index contributed by atoms with van der Waals surface area (Å²) in [6.07, 6.45) is 1.70. The summed E-state index contributed by atoms with van der Waals surface area (Å²) >= 11 is 0. The van der Waals surface area contributed by atoms with E-state index in [1.165, 1.54) is 5.69 Å². The number of anilines is 2. The first-order valence-electron chi connectivity index (χ1n) is 8.56. The van der Waals surface area contributed by atoms with Crippen molar-refractivity contribution in [3.8, 4) is 0 Å². The van der Waals surface area contributed by atoms with Gasteiger partial charge in [0.05, 0.1) is 6.61 Å². The van der Waals surface area contributed by atoms with Crippen LogP contribution in [0, 0.1) is 0 Å². The van der Waals surface area contributed by atoms with E-state index in [4.69, 9.17) is 4.74 Å². The standard InChI is InChI=1S/C19H24N4O2/c1-25-14-9-21-19(24)18-15-17(7-8-20-18)23-12-10-22(11-13-23)16-5-3-2-4-6-16/h2-8,15H,9-14H2,1H3,(H,21,24). The molecule has 6 nitrogen and oxygen atoms in total. The average Bonchev–Trinajstić information content (AvgIpc) is 2.69. The van der Waals surface area contributed by atoms with Crippen molar-refractivity contribution in [3.63, 3.8) is 0 Å². The molecule has 0 unspecified atom stereocenters. The fourth-order valence-electron chi connectivity index (χ4n) is 2.96. The number of benzene rings is 1. The second-order valence-corrected chi connectivity index (χ2v) is 5.96. The normalized spacial score (nSPS) is 14.4. The summed E-state index contributed by atoms with van der Waals surface area (Å²) in [7, 11) is 1.61. The first-order chi connectivity index (χ1) is 12.3. The molecule has 6 heteroatoms. The van der Waals surface area contributed by atoms with E-state index in [1.807, 2.05) is 18.2 Å². The van der Waals surface area contributed by atoms with Crippen molar-refractivity contribution in [1.82, 2.24) is 10.3 Å². The van der Waals surface area contributed by atoms with E-state index in [9.17, 15) is 4.79 Å². The lowest BCUT2D eigenvalue weighted by atomic mass is 10.2. The van der Waals surface area contributed by atoms with Gasteiger partial charge in [0.2, 0.25) is 0 Å². The SMILES string of the molecule is COCCNC(=O)c1cc(N2CCN(c3ccccc3)CC2)ccn1. The number of carbonyl (C=O) groups excluding carboxylic acids is 1. The van der Waals surface area contributed by atoms with Crippen molar-refractivity contribution in [1.29, 1.82) is 0 Å². The van der Waals surface area contributed by atoms with E-state index in [2.05, 4.69) is 44.4 Å². The van der Waals surface area contributed by atoms with Crippen LogP contribution in [-0.2, 0) is 4.74 Å². The Kier molecular flexibility index (Phi) is 5.85. The summed E-state index contributed by atoms with van der Waals surface area (Å²) in [6, 6.07) is 14.3. The first-order valence-corrected chi connectivity index (χ1v) is 8.56. The van der Waals surface area contributed by atoms with E-state index in [1.54, 1.807) is 13.3 Å². The molecule has 1 aliphatic rings. The first kappa shape index (κ1) is 17.2. The molecule has 1 fully saturated rings. The van der Waals surface area contributed by atoms with E-state index >= 15 is 0 Å². The van der Waals surface area contributed by atoms with Gasteiger partial charge in [0.25, 0.3) is 5.91 Å². The summed E-state index contributed by atoms with van der Waals surface area (Å²) in [5.74, 6) is -0.165. The molecule has 132 valence electrons. The van der Waals surface area contributed by atoms with Crippen molar-refractivity contribution in [2.24, 2.45) is 0 Å². The van der Waals surface area contributed by atoms with Crippen LogP contribution >= 0.6 is 0 Å². The van der Waals surface area contributed by atoms with Gasteiger partial charge in [-0.15, -0.1) is 0 Å². The number of ether oxygens (including phenoxy) is 1. The van der Waals surface area contributed by atoms with Crippen molar-refractivity contribution >= 4 is 17.3 Å². The number of nitrogens with one attached hydrogen (secondary N) is 1. The van der Waals surface area contributed by atoms with Crippen LogP contribution in [0.25, 0.3) is 0 Å². The minimum atomic E-state index is -0.165. The Morgan fingerprint density at radius 1 is 1.08 bits per heavy atom. The molecule has 1 aromatic carbocycles. The van der Waals surface area contributed by atoms with Gasteiger partial charge in [0.1, 0.15) is 5.69 Å². The molecule has 2 heterocycles. The molecule has 1 aromatic heterocycles. The zero-order valence-corrected chi connectivity index (χ0v) is 14.5. The van der Waals surface area contributed by atoms with Crippen molar-refractivity contribution < 1.29 is 9.53 Å². The van der Waals surface area contributed by atoms with Gasteiger partial charge >= 0.3 is 0 Å². The second kappa shape index (κ2) is 8.48. The molecule has 0 atom stereocenters. The molecule has 1 N–H and O–H groups in total. The average molecular weight is 340 g/mol. The lowest BCUT2D eigenvalue weighted by molar-refractivity contribution is 0.0932. The lowest BCUT2D eigenvalue weighted by Crippen LogP contribution is -2.46. The molecule has 0 saturated carbocycles. The van der Waals surface area contributed by atoms with E-state index in [-0.39, 0.29) is 5.91 Å². The Hall–Kier alpha value is -2.60. The molecule has 0 aliphatic carbocycles. The molecular weight excluding hydrogens is 316 g/mol. The molecule has 0 spiro atoms. The number of aromatic nitrogens is 1. The summed E-state index contributed by atoms with van der Waals surface area (Å²) < 4.78 is 4.95. The third-order valence-corrected chi connectivity index (χ3v) is 4.33. The maximum atomic E-state index is 12.1. The van der Waals surface area contributed by atoms with Gasteiger partial charge in [0.15, 0.2) is 0 Å². The fraction of sp³-hybridized carbons (Fsp3) is 0.368. The van der Waals surface area contributed by atoms with Crippen molar-refractivity contribution in [2.45, 2.75) is 0 Å².